The molecule has 0 atom stereocenters. The van der Waals surface area contributed by atoms with E-state index in [1.165, 1.54) is 0 Å². The molecule has 0 bridgehead atoms. The van der Waals surface area contributed by atoms with Gasteiger partial charge < -0.3 is 20.7 Å². The second-order valence-corrected chi connectivity index (χ2v) is 8.67. The fraction of sp³-hybridized carbons (Fsp3) is 0.591. The number of ether oxygens (including phenoxy) is 1. The summed E-state index contributed by atoms with van der Waals surface area (Å²) in [4.78, 5) is 28.1. The highest BCUT2D eigenvalue weighted by Crippen LogP contribution is 2.14. The first-order valence-electron chi connectivity index (χ1n) is 10.3. The van der Waals surface area contributed by atoms with Crippen LogP contribution in [0.5, 0.6) is 0 Å². The Morgan fingerprint density at radius 2 is 1.61 bits per heavy atom. The average molecular weight is 547 g/mol. The molecule has 176 valence electrons. The number of hydrogen-bond acceptors (Lipinski definition) is 4. The Kier molecular flexibility index (Phi) is 12.5. The van der Waals surface area contributed by atoms with Gasteiger partial charge in [0.1, 0.15) is 5.60 Å². The molecule has 0 aliphatic heterocycles. The van der Waals surface area contributed by atoms with Crippen molar-refractivity contribution in [1.82, 2.24) is 16.0 Å². The minimum absolute atomic E-state index is 0. The lowest BCUT2D eigenvalue weighted by atomic mass is 9.92. The summed E-state index contributed by atoms with van der Waals surface area (Å²) in [5.74, 6) is 0.656. The fourth-order valence-corrected chi connectivity index (χ4v) is 2.51. The van der Waals surface area contributed by atoms with Crippen LogP contribution in [0, 0.1) is 5.41 Å². The highest BCUT2D eigenvalue weighted by Gasteiger charge is 2.27. The van der Waals surface area contributed by atoms with Crippen LogP contribution in [-0.2, 0) is 16.0 Å². The molecule has 8 nitrogen and oxygen atoms in total. The molecular formula is C22H38IN5O3. The molecule has 1 aromatic carbocycles. The molecule has 0 saturated carbocycles. The first-order valence-corrected chi connectivity index (χ1v) is 10.3. The molecule has 4 N–H and O–H groups in total. The van der Waals surface area contributed by atoms with Crippen LogP contribution in [0.3, 0.4) is 0 Å². The Hall–Kier alpha value is -2.04. The molecule has 0 saturated heterocycles. The van der Waals surface area contributed by atoms with Crippen LogP contribution in [-0.4, -0.2) is 50.2 Å². The lowest BCUT2D eigenvalue weighted by Gasteiger charge is -2.24. The smallest absolute Gasteiger partial charge is 0.412 e. The monoisotopic (exact) mass is 547 g/mol. The molecule has 0 aliphatic carbocycles. The predicted octanol–water partition coefficient (Wildman–Crippen LogP) is 3.52. The predicted molar refractivity (Wildman–Crippen MR) is 137 cm³/mol. The van der Waals surface area contributed by atoms with E-state index in [-0.39, 0.29) is 29.9 Å². The van der Waals surface area contributed by atoms with Gasteiger partial charge in [0.15, 0.2) is 5.96 Å². The largest absolute Gasteiger partial charge is 0.444 e. The van der Waals surface area contributed by atoms with Crippen LogP contribution in [0.1, 0.15) is 47.1 Å². The van der Waals surface area contributed by atoms with Gasteiger partial charge in [0, 0.05) is 32.4 Å². The van der Waals surface area contributed by atoms with Gasteiger partial charge in [-0.05, 0) is 65.7 Å². The van der Waals surface area contributed by atoms with Crippen molar-refractivity contribution < 1.29 is 14.3 Å². The Morgan fingerprint density at radius 1 is 1.00 bits per heavy atom. The minimum Gasteiger partial charge on any atom is -0.444 e. The fourth-order valence-electron chi connectivity index (χ4n) is 2.51. The van der Waals surface area contributed by atoms with E-state index < -0.39 is 17.1 Å². The van der Waals surface area contributed by atoms with Crippen LogP contribution in [0.25, 0.3) is 0 Å². The number of carbonyl (C=O) groups is 2. The Bertz CT molecular complexity index is 728. The van der Waals surface area contributed by atoms with Gasteiger partial charge in [0.25, 0.3) is 0 Å². The standard InChI is InChI=1S/C22H37N5O3.HI/c1-8-24-18(28)22(5,6)15-26-19(23-7)25-14-13-16-9-11-17(12-10-16)27-20(29)30-21(2,3)4;/h9-12H,8,13-15H2,1-7H3,(H,24,28)(H,27,29)(H2,23,25,26);1H. The zero-order valence-electron chi connectivity index (χ0n) is 19.7. The maximum atomic E-state index is 12.1. The van der Waals surface area contributed by atoms with Gasteiger partial charge in [-0.3, -0.25) is 15.1 Å². The maximum Gasteiger partial charge on any atom is 0.412 e. The molecule has 0 heterocycles. The van der Waals surface area contributed by atoms with Crippen LogP contribution in [0.15, 0.2) is 29.3 Å². The third kappa shape index (κ3) is 11.8. The summed E-state index contributed by atoms with van der Waals surface area (Å²) < 4.78 is 5.25. The second-order valence-electron chi connectivity index (χ2n) is 8.67. The molecular weight excluding hydrogens is 509 g/mol. The van der Waals surface area contributed by atoms with Crippen molar-refractivity contribution in [2.24, 2.45) is 10.4 Å². The molecule has 31 heavy (non-hydrogen) atoms. The highest BCUT2D eigenvalue weighted by molar-refractivity contribution is 14.0. The maximum absolute atomic E-state index is 12.1. The molecule has 2 amide bonds. The van der Waals surface area contributed by atoms with E-state index >= 15 is 0 Å². The minimum atomic E-state index is -0.537. The number of aliphatic imine (C=N–C) groups is 1. The van der Waals surface area contributed by atoms with Crippen molar-refractivity contribution in [1.29, 1.82) is 0 Å². The molecule has 0 aliphatic rings. The van der Waals surface area contributed by atoms with E-state index in [0.29, 0.717) is 31.3 Å². The Labute approximate surface area is 203 Å². The van der Waals surface area contributed by atoms with Crippen LogP contribution in [0.4, 0.5) is 10.5 Å². The summed E-state index contributed by atoms with van der Waals surface area (Å²) in [5.41, 5.74) is 0.739. The van der Waals surface area contributed by atoms with Crippen molar-refractivity contribution in [2.75, 3.05) is 32.0 Å². The topological polar surface area (TPSA) is 104 Å². The summed E-state index contributed by atoms with van der Waals surface area (Å²) in [6, 6.07) is 7.62. The SMILES string of the molecule is CCNC(=O)C(C)(C)CNC(=NC)NCCc1ccc(NC(=O)OC(C)(C)C)cc1.I. The van der Waals surface area contributed by atoms with Gasteiger partial charge in [0.05, 0.1) is 5.41 Å². The Balaban J connectivity index is 0.00000900. The van der Waals surface area contributed by atoms with Crippen molar-refractivity contribution in [3.8, 4) is 0 Å². The number of carbonyl (C=O) groups excluding carboxylic acids is 2. The number of guanidine groups is 1. The third-order valence-electron chi connectivity index (χ3n) is 4.18. The number of nitrogens with zero attached hydrogens (tertiary/aromatic N) is 1. The molecule has 1 rings (SSSR count). The molecule has 0 fully saturated rings. The van der Waals surface area contributed by atoms with E-state index in [9.17, 15) is 9.59 Å². The molecule has 0 aromatic heterocycles. The first-order chi connectivity index (χ1) is 14.0. The number of rotatable bonds is 8. The van der Waals surface area contributed by atoms with Gasteiger partial charge in [-0.15, -0.1) is 24.0 Å². The molecule has 9 heteroatoms. The highest BCUT2D eigenvalue weighted by atomic mass is 127. The van der Waals surface area contributed by atoms with Crippen molar-refractivity contribution in [2.45, 2.75) is 53.6 Å². The number of nitrogens with one attached hydrogen (secondary N) is 4. The lowest BCUT2D eigenvalue weighted by molar-refractivity contribution is -0.128. The zero-order chi connectivity index (χ0) is 22.8. The van der Waals surface area contributed by atoms with E-state index in [2.05, 4.69) is 26.3 Å². The molecule has 0 spiro atoms. The van der Waals surface area contributed by atoms with Crippen LogP contribution < -0.4 is 21.3 Å². The van der Waals surface area contributed by atoms with E-state index in [4.69, 9.17) is 4.74 Å². The molecule has 0 unspecified atom stereocenters. The van der Waals surface area contributed by atoms with Crippen molar-refractivity contribution in [3.05, 3.63) is 29.8 Å². The zero-order valence-corrected chi connectivity index (χ0v) is 22.0. The van der Waals surface area contributed by atoms with Gasteiger partial charge >= 0.3 is 6.09 Å². The number of benzene rings is 1. The van der Waals surface area contributed by atoms with Gasteiger partial charge in [-0.1, -0.05) is 12.1 Å². The Morgan fingerprint density at radius 3 is 2.13 bits per heavy atom. The number of halogens is 1. The van der Waals surface area contributed by atoms with E-state index in [1.807, 2.05) is 65.8 Å². The van der Waals surface area contributed by atoms with Crippen LogP contribution in [0.2, 0.25) is 0 Å². The van der Waals surface area contributed by atoms with Crippen LogP contribution >= 0.6 is 24.0 Å². The summed E-state index contributed by atoms with van der Waals surface area (Å²) >= 11 is 0. The molecule has 0 radical (unpaired) electrons. The lowest BCUT2D eigenvalue weighted by Crippen LogP contribution is -2.48. The average Bonchev–Trinajstić information content (AvgIpc) is 2.64. The number of anilines is 1. The van der Waals surface area contributed by atoms with E-state index in [1.54, 1.807) is 7.05 Å². The number of amides is 2. The summed E-state index contributed by atoms with van der Waals surface area (Å²) in [6.07, 6.45) is 0.315. The van der Waals surface area contributed by atoms with Gasteiger partial charge in [-0.25, -0.2) is 4.79 Å². The summed E-state index contributed by atoms with van der Waals surface area (Å²) in [7, 11) is 1.70. The second kappa shape index (κ2) is 13.4. The van der Waals surface area contributed by atoms with Crippen molar-refractivity contribution in [3.63, 3.8) is 0 Å². The quantitative estimate of drug-likeness (QED) is 0.227. The third-order valence-corrected chi connectivity index (χ3v) is 4.18. The van der Waals surface area contributed by atoms with Gasteiger partial charge in [0.2, 0.25) is 5.91 Å². The van der Waals surface area contributed by atoms with Crippen molar-refractivity contribution >= 4 is 47.6 Å². The normalized spacial score (nSPS) is 11.8. The van der Waals surface area contributed by atoms with Gasteiger partial charge in [-0.2, -0.15) is 0 Å². The molecule has 1 aromatic rings. The summed E-state index contributed by atoms with van der Waals surface area (Å²) in [5, 5.41) is 12.0. The summed E-state index contributed by atoms with van der Waals surface area (Å²) in [6.45, 7) is 12.9. The van der Waals surface area contributed by atoms with E-state index in [0.717, 1.165) is 12.0 Å². The number of hydrogen-bond donors (Lipinski definition) is 4. The first kappa shape index (κ1) is 29.0.